The highest BCUT2D eigenvalue weighted by atomic mass is 79.9. The van der Waals surface area contributed by atoms with Gasteiger partial charge in [0.15, 0.2) is 0 Å². The summed E-state index contributed by atoms with van der Waals surface area (Å²) in [5.74, 6) is 0. The third-order valence-corrected chi connectivity index (χ3v) is 1.75. The molecule has 1 unspecified atom stereocenters. The molecule has 0 saturated heterocycles. The van der Waals surface area contributed by atoms with Gasteiger partial charge in [-0.1, -0.05) is 15.9 Å². The van der Waals surface area contributed by atoms with Crippen LogP contribution in [-0.4, -0.2) is 50.3 Å². The maximum Gasteiger partial charge on any atom is 0.135 e. The second kappa shape index (κ2) is 9.41. The van der Waals surface area contributed by atoms with Gasteiger partial charge in [0, 0.05) is 7.11 Å². The van der Waals surface area contributed by atoms with Gasteiger partial charge in [0.25, 0.3) is 0 Å². The van der Waals surface area contributed by atoms with Crippen molar-refractivity contribution in [3.8, 4) is 0 Å². The quantitative estimate of drug-likeness (QED) is 0.494. The van der Waals surface area contributed by atoms with Gasteiger partial charge in [0.1, 0.15) is 5.01 Å². The van der Waals surface area contributed by atoms with Crippen molar-refractivity contribution in [1.29, 1.82) is 0 Å². The lowest BCUT2D eigenvalue weighted by atomic mass is 10.7. The number of aliphatic hydroxyl groups is 1. The van der Waals surface area contributed by atoms with Crippen molar-refractivity contribution >= 4 is 15.9 Å². The molecule has 0 radical (unpaired) electrons. The molecule has 1 atom stereocenters. The standard InChI is InChI=1S/C7H15BrO4/c1-10-7(8)6-12-5-4-11-3-2-9/h7,9H,2-6H2,1H3. The largest absolute Gasteiger partial charge is 0.394 e. The molecule has 5 heteroatoms. The van der Waals surface area contributed by atoms with Gasteiger partial charge in [-0.05, 0) is 0 Å². The fourth-order valence-electron chi connectivity index (χ4n) is 0.528. The number of hydrogen-bond acceptors (Lipinski definition) is 4. The van der Waals surface area contributed by atoms with Crippen molar-refractivity contribution in [2.24, 2.45) is 0 Å². The Kier molecular flexibility index (Phi) is 9.66. The van der Waals surface area contributed by atoms with Crippen LogP contribution in [0.2, 0.25) is 0 Å². The molecule has 0 saturated carbocycles. The van der Waals surface area contributed by atoms with E-state index < -0.39 is 0 Å². The van der Waals surface area contributed by atoms with E-state index in [-0.39, 0.29) is 11.6 Å². The summed E-state index contributed by atoms with van der Waals surface area (Å²) < 4.78 is 15.0. The minimum absolute atomic E-state index is 0.0547. The van der Waals surface area contributed by atoms with Crippen LogP contribution < -0.4 is 0 Å². The molecule has 74 valence electrons. The van der Waals surface area contributed by atoms with Crippen molar-refractivity contribution in [1.82, 2.24) is 0 Å². The fourth-order valence-corrected chi connectivity index (χ4v) is 0.715. The van der Waals surface area contributed by atoms with Crippen molar-refractivity contribution in [3.63, 3.8) is 0 Å². The lowest BCUT2D eigenvalue weighted by molar-refractivity contribution is 0.00970. The second-order valence-electron chi connectivity index (χ2n) is 2.06. The first kappa shape index (κ1) is 12.3. The molecule has 0 amide bonds. The van der Waals surface area contributed by atoms with Crippen molar-refractivity contribution in [2.45, 2.75) is 5.01 Å². The van der Waals surface area contributed by atoms with Crippen LogP contribution in [0.1, 0.15) is 0 Å². The Hall–Kier alpha value is 0.320. The normalized spacial score (nSPS) is 13.2. The summed E-state index contributed by atoms with van der Waals surface area (Å²) in [5, 5.41) is 8.30. The van der Waals surface area contributed by atoms with Crippen LogP contribution >= 0.6 is 15.9 Å². The van der Waals surface area contributed by atoms with Gasteiger partial charge in [-0.3, -0.25) is 0 Å². The lowest BCUT2D eigenvalue weighted by Gasteiger charge is -2.08. The maximum absolute atomic E-state index is 8.36. The molecule has 0 aliphatic rings. The van der Waals surface area contributed by atoms with Crippen molar-refractivity contribution in [2.75, 3.05) is 40.1 Å². The molecular weight excluding hydrogens is 228 g/mol. The van der Waals surface area contributed by atoms with Gasteiger partial charge in [-0.15, -0.1) is 0 Å². The zero-order valence-electron chi connectivity index (χ0n) is 7.16. The van der Waals surface area contributed by atoms with E-state index in [2.05, 4.69) is 15.9 Å². The van der Waals surface area contributed by atoms with E-state index in [1.165, 1.54) is 0 Å². The Morgan fingerprint density at radius 1 is 1.25 bits per heavy atom. The number of ether oxygens (including phenoxy) is 3. The summed E-state index contributed by atoms with van der Waals surface area (Å²) in [4.78, 5) is 0. The van der Waals surface area contributed by atoms with Crippen LogP contribution in [0.5, 0.6) is 0 Å². The average molecular weight is 243 g/mol. The highest BCUT2D eigenvalue weighted by Gasteiger charge is 1.99. The minimum Gasteiger partial charge on any atom is -0.394 e. The first-order valence-corrected chi connectivity index (χ1v) is 4.66. The summed E-state index contributed by atoms with van der Waals surface area (Å²) in [6.45, 7) is 1.94. The molecule has 0 aliphatic carbocycles. The molecule has 0 aromatic rings. The number of alkyl halides is 1. The molecular formula is C7H15BrO4. The van der Waals surface area contributed by atoms with Gasteiger partial charge in [-0.2, -0.15) is 0 Å². The molecule has 0 spiro atoms. The molecule has 0 aliphatic heterocycles. The van der Waals surface area contributed by atoms with E-state index in [0.29, 0.717) is 26.4 Å². The monoisotopic (exact) mass is 242 g/mol. The van der Waals surface area contributed by atoms with Crippen LogP contribution in [0.25, 0.3) is 0 Å². The first-order chi connectivity index (χ1) is 5.81. The Morgan fingerprint density at radius 3 is 2.50 bits per heavy atom. The molecule has 0 rings (SSSR count). The zero-order valence-corrected chi connectivity index (χ0v) is 8.75. The van der Waals surface area contributed by atoms with Crippen LogP contribution in [0.15, 0.2) is 0 Å². The predicted molar refractivity (Wildman–Crippen MR) is 48.4 cm³/mol. The predicted octanol–water partition coefficient (Wildman–Crippen LogP) is 0.379. The molecule has 0 heterocycles. The Balaban J connectivity index is 2.90. The molecule has 0 fully saturated rings. The van der Waals surface area contributed by atoms with Crippen molar-refractivity contribution < 1.29 is 19.3 Å². The first-order valence-electron chi connectivity index (χ1n) is 3.74. The summed E-state index contributed by atoms with van der Waals surface area (Å²) in [6, 6.07) is 0. The third-order valence-electron chi connectivity index (χ3n) is 1.11. The smallest absolute Gasteiger partial charge is 0.135 e. The van der Waals surface area contributed by atoms with E-state index in [0.717, 1.165) is 0 Å². The molecule has 0 aromatic heterocycles. The molecule has 1 N–H and O–H groups in total. The summed E-state index contributed by atoms with van der Waals surface area (Å²) in [7, 11) is 1.60. The zero-order chi connectivity index (χ0) is 9.23. The van der Waals surface area contributed by atoms with Gasteiger partial charge < -0.3 is 19.3 Å². The molecule has 0 bridgehead atoms. The summed E-state index contributed by atoms with van der Waals surface area (Å²) in [6.07, 6.45) is 0. The molecule has 4 nitrogen and oxygen atoms in total. The van der Waals surface area contributed by atoms with Gasteiger partial charge >= 0.3 is 0 Å². The van der Waals surface area contributed by atoms with Crippen LogP contribution in [-0.2, 0) is 14.2 Å². The summed E-state index contributed by atoms with van der Waals surface area (Å²) in [5.41, 5.74) is 0. The van der Waals surface area contributed by atoms with Gasteiger partial charge in [0.05, 0.1) is 33.0 Å². The number of aliphatic hydroxyl groups excluding tert-OH is 1. The van der Waals surface area contributed by atoms with E-state index in [9.17, 15) is 0 Å². The minimum atomic E-state index is -0.0599. The highest BCUT2D eigenvalue weighted by molar-refractivity contribution is 9.09. The third kappa shape index (κ3) is 8.42. The number of hydrogen-bond donors (Lipinski definition) is 1. The Bertz CT molecular complexity index is 91.5. The Labute approximate surface area is 80.9 Å². The van der Waals surface area contributed by atoms with Crippen LogP contribution in [0, 0.1) is 0 Å². The second-order valence-corrected chi connectivity index (χ2v) is 3.08. The lowest BCUT2D eigenvalue weighted by Crippen LogP contribution is -2.14. The molecule has 0 aromatic carbocycles. The highest BCUT2D eigenvalue weighted by Crippen LogP contribution is 1.99. The topological polar surface area (TPSA) is 47.9 Å². The summed E-state index contributed by atoms with van der Waals surface area (Å²) >= 11 is 3.23. The maximum atomic E-state index is 8.36. The number of halogens is 1. The van der Waals surface area contributed by atoms with E-state index in [4.69, 9.17) is 19.3 Å². The van der Waals surface area contributed by atoms with E-state index >= 15 is 0 Å². The molecule has 12 heavy (non-hydrogen) atoms. The van der Waals surface area contributed by atoms with E-state index in [1.54, 1.807) is 7.11 Å². The SMILES string of the molecule is COC(Br)COCCOCCO. The van der Waals surface area contributed by atoms with E-state index in [1.807, 2.05) is 0 Å². The van der Waals surface area contributed by atoms with Crippen LogP contribution in [0.3, 0.4) is 0 Å². The van der Waals surface area contributed by atoms with Crippen molar-refractivity contribution in [3.05, 3.63) is 0 Å². The fraction of sp³-hybridized carbons (Fsp3) is 1.00. The van der Waals surface area contributed by atoms with Gasteiger partial charge in [0.2, 0.25) is 0 Å². The number of methoxy groups -OCH3 is 1. The Morgan fingerprint density at radius 2 is 1.92 bits per heavy atom. The van der Waals surface area contributed by atoms with Crippen LogP contribution in [0.4, 0.5) is 0 Å². The van der Waals surface area contributed by atoms with Gasteiger partial charge in [-0.25, -0.2) is 0 Å². The average Bonchev–Trinajstić information content (AvgIpc) is 2.10. The number of rotatable bonds is 8.